The van der Waals surface area contributed by atoms with Gasteiger partial charge >= 0.3 is 5.97 Å². The first-order chi connectivity index (χ1) is 16.9. The van der Waals surface area contributed by atoms with Gasteiger partial charge in [-0.1, -0.05) is 18.9 Å². The van der Waals surface area contributed by atoms with Gasteiger partial charge in [0.25, 0.3) is 11.5 Å². The molecule has 1 amide bonds. The number of fused-ring (bicyclic) bond motifs is 1. The second-order valence-corrected chi connectivity index (χ2v) is 9.37. The molecular formula is C24H26FN3O6S. The monoisotopic (exact) mass is 503 g/mol. The molecule has 1 aliphatic rings. The number of carbonyl (C=O) groups is 2. The second kappa shape index (κ2) is 11.0. The highest BCUT2D eigenvalue weighted by Gasteiger charge is 2.30. The Morgan fingerprint density at radius 3 is 2.89 bits per heavy atom. The fourth-order valence-electron chi connectivity index (χ4n) is 4.35. The Morgan fingerprint density at radius 2 is 2.11 bits per heavy atom. The van der Waals surface area contributed by atoms with Gasteiger partial charge < -0.3 is 24.9 Å². The van der Waals surface area contributed by atoms with Crippen molar-refractivity contribution >= 4 is 33.4 Å². The van der Waals surface area contributed by atoms with E-state index in [1.807, 2.05) is 0 Å². The molecule has 1 saturated carbocycles. The Bertz CT molecular complexity index is 1290. The predicted molar refractivity (Wildman–Crippen MR) is 127 cm³/mol. The van der Waals surface area contributed by atoms with E-state index in [1.165, 1.54) is 36.6 Å². The Morgan fingerprint density at radius 1 is 1.31 bits per heavy atom. The van der Waals surface area contributed by atoms with Gasteiger partial charge in [-0.3, -0.25) is 14.4 Å². The minimum absolute atomic E-state index is 0.0427. The maximum Gasteiger partial charge on any atom is 0.306 e. The van der Waals surface area contributed by atoms with Crippen LogP contribution < -0.4 is 15.6 Å². The SMILES string of the molecule is COc1cc(CNC(=O)c2nc3scc(COCC4CCCCC4C(=O)O)c3c(=O)[nH]2)ccc1F. The molecule has 2 atom stereocenters. The van der Waals surface area contributed by atoms with Crippen molar-refractivity contribution in [1.82, 2.24) is 15.3 Å². The summed E-state index contributed by atoms with van der Waals surface area (Å²) in [5.74, 6) is -2.36. The van der Waals surface area contributed by atoms with Crippen LogP contribution in [0.15, 0.2) is 28.4 Å². The first-order valence-corrected chi connectivity index (χ1v) is 12.2. The van der Waals surface area contributed by atoms with Gasteiger partial charge in [0.15, 0.2) is 11.6 Å². The molecule has 2 unspecified atom stereocenters. The van der Waals surface area contributed by atoms with Gasteiger partial charge in [0, 0.05) is 12.1 Å². The molecule has 3 aromatic rings. The number of nitrogens with zero attached hydrogens (tertiary/aromatic N) is 1. The first kappa shape index (κ1) is 24.8. The number of rotatable bonds is 9. The Hall–Kier alpha value is -3.31. The molecule has 4 rings (SSSR count). The lowest BCUT2D eigenvalue weighted by Gasteiger charge is -2.28. The van der Waals surface area contributed by atoms with Crippen LogP contribution >= 0.6 is 11.3 Å². The molecular weight excluding hydrogens is 477 g/mol. The zero-order valence-electron chi connectivity index (χ0n) is 19.1. The summed E-state index contributed by atoms with van der Waals surface area (Å²) in [6.45, 7) is 0.569. The molecule has 2 aromatic heterocycles. The number of aromatic nitrogens is 2. The standard InChI is InChI=1S/C24H26FN3O6S/c1-33-18-8-13(6-7-17(18)25)9-26-22(30)20-27-21(29)19-15(12-35-23(19)28-20)11-34-10-14-4-2-3-5-16(14)24(31)32/h6-8,12,14,16H,2-5,9-11H2,1H3,(H,26,30)(H,31,32)(H,27,28,29). The van der Waals surface area contributed by atoms with E-state index in [-0.39, 0.29) is 30.6 Å². The van der Waals surface area contributed by atoms with E-state index < -0.39 is 29.2 Å². The maximum absolute atomic E-state index is 13.6. The summed E-state index contributed by atoms with van der Waals surface area (Å²) in [6, 6.07) is 4.25. The Balaban J connectivity index is 1.40. The number of H-pyrrole nitrogens is 1. The molecule has 35 heavy (non-hydrogen) atoms. The number of carboxylic acid groups (broad SMARTS) is 1. The average molecular weight is 504 g/mol. The van der Waals surface area contributed by atoms with Crippen molar-refractivity contribution in [3.8, 4) is 5.75 Å². The number of halogens is 1. The van der Waals surface area contributed by atoms with Crippen LogP contribution in [0.25, 0.3) is 10.2 Å². The van der Waals surface area contributed by atoms with Crippen molar-refractivity contribution in [2.75, 3.05) is 13.7 Å². The minimum Gasteiger partial charge on any atom is -0.494 e. The number of benzene rings is 1. The number of amides is 1. The zero-order valence-corrected chi connectivity index (χ0v) is 20.0. The van der Waals surface area contributed by atoms with Crippen molar-refractivity contribution < 1.29 is 28.6 Å². The van der Waals surface area contributed by atoms with E-state index >= 15 is 0 Å². The summed E-state index contributed by atoms with van der Waals surface area (Å²) in [5.41, 5.74) is 0.815. The van der Waals surface area contributed by atoms with Crippen LogP contribution in [0.1, 0.15) is 47.4 Å². The normalized spacial score (nSPS) is 17.9. The Labute approximate surface area is 204 Å². The number of hydrogen-bond donors (Lipinski definition) is 3. The minimum atomic E-state index is -0.788. The van der Waals surface area contributed by atoms with E-state index in [2.05, 4.69) is 15.3 Å². The third-order valence-electron chi connectivity index (χ3n) is 6.22. The molecule has 1 fully saturated rings. The summed E-state index contributed by atoms with van der Waals surface area (Å²) in [6.07, 6.45) is 3.38. The number of thiophene rings is 1. The van der Waals surface area contributed by atoms with Crippen LogP contribution in [0, 0.1) is 17.7 Å². The zero-order chi connectivity index (χ0) is 24.9. The predicted octanol–water partition coefficient (Wildman–Crippen LogP) is 3.47. The molecule has 1 aromatic carbocycles. The van der Waals surface area contributed by atoms with Gasteiger partial charge in [-0.25, -0.2) is 9.37 Å². The first-order valence-electron chi connectivity index (χ1n) is 11.3. The summed E-state index contributed by atoms with van der Waals surface area (Å²) in [5, 5.41) is 14.2. The average Bonchev–Trinajstić information content (AvgIpc) is 3.27. The summed E-state index contributed by atoms with van der Waals surface area (Å²) < 4.78 is 24.3. The molecule has 0 aliphatic heterocycles. The molecule has 186 valence electrons. The van der Waals surface area contributed by atoms with E-state index in [1.54, 1.807) is 5.38 Å². The number of hydrogen-bond acceptors (Lipinski definition) is 7. The number of ether oxygens (including phenoxy) is 2. The van der Waals surface area contributed by atoms with Gasteiger partial charge in [-0.15, -0.1) is 11.3 Å². The largest absolute Gasteiger partial charge is 0.494 e. The molecule has 0 bridgehead atoms. The highest BCUT2D eigenvalue weighted by molar-refractivity contribution is 7.16. The van der Waals surface area contributed by atoms with Gasteiger partial charge in [0.2, 0.25) is 5.82 Å². The lowest BCUT2D eigenvalue weighted by molar-refractivity contribution is -0.146. The Kier molecular flexibility index (Phi) is 7.76. The molecule has 2 heterocycles. The van der Waals surface area contributed by atoms with Crippen LogP contribution in [0.5, 0.6) is 5.75 Å². The van der Waals surface area contributed by atoms with E-state index in [4.69, 9.17) is 9.47 Å². The number of methoxy groups -OCH3 is 1. The second-order valence-electron chi connectivity index (χ2n) is 8.51. The van der Waals surface area contributed by atoms with Crippen molar-refractivity contribution in [2.24, 2.45) is 11.8 Å². The smallest absolute Gasteiger partial charge is 0.306 e. The molecule has 1 aliphatic carbocycles. The summed E-state index contributed by atoms with van der Waals surface area (Å²) in [4.78, 5) is 44.0. The molecule has 3 N–H and O–H groups in total. The van der Waals surface area contributed by atoms with Crippen molar-refractivity contribution in [3.63, 3.8) is 0 Å². The fourth-order valence-corrected chi connectivity index (χ4v) is 5.28. The van der Waals surface area contributed by atoms with Crippen LogP contribution in [0.2, 0.25) is 0 Å². The van der Waals surface area contributed by atoms with Gasteiger partial charge in [0.05, 0.1) is 31.6 Å². The van der Waals surface area contributed by atoms with E-state index in [9.17, 15) is 23.9 Å². The topological polar surface area (TPSA) is 131 Å². The number of carbonyl (C=O) groups excluding carboxylic acids is 1. The molecule has 9 nitrogen and oxygen atoms in total. The molecule has 0 spiro atoms. The maximum atomic E-state index is 13.6. The molecule has 0 saturated heterocycles. The van der Waals surface area contributed by atoms with Gasteiger partial charge in [-0.2, -0.15) is 0 Å². The lowest BCUT2D eigenvalue weighted by Crippen LogP contribution is -2.30. The highest BCUT2D eigenvalue weighted by atomic mass is 32.1. The highest BCUT2D eigenvalue weighted by Crippen LogP contribution is 2.31. The molecule has 11 heteroatoms. The van der Waals surface area contributed by atoms with Gasteiger partial charge in [-0.05, 0) is 41.8 Å². The van der Waals surface area contributed by atoms with Crippen LogP contribution in [-0.2, 0) is 22.7 Å². The summed E-state index contributed by atoms with van der Waals surface area (Å²) >= 11 is 1.23. The fraction of sp³-hybridized carbons (Fsp3) is 0.417. The lowest BCUT2D eigenvalue weighted by atomic mass is 9.80. The van der Waals surface area contributed by atoms with E-state index in [0.717, 1.165) is 19.3 Å². The number of carboxylic acids is 1. The number of nitrogens with one attached hydrogen (secondary N) is 2. The van der Waals surface area contributed by atoms with Crippen molar-refractivity contribution in [1.29, 1.82) is 0 Å². The van der Waals surface area contributed by atoms with Gasteiger partial charge in [0.1, 0.15) is 4.83 Å². The quantitative estimate of drug-likeness (QED) is 0.408. The number of aromatic amines is 1. The molecule has 0 radical (unpaired) electrons. The number of aliphatic carboxylic acids is 1. The summed E-state index contributed by atoms with van der Waals surface area (Å²) in [7, 11) is 1.35. The third-order valence-corrected chi connectivity index (χ3v) is 7.14. The third kappa shape index (κ3) is 5.68. The van der Waals surface area contributed by atoms with Crippen molar-refractivity contribution in [2.45, 2.75) is 38.8 Å². The van der Waals surface area contributed by atoms with Crippen molar-refractivity contribution in [3.05, 3.63) is 56.7 Å². The van der Waals surface area contributed by atoms with Crippen LogP contribution in [0.3, 0.4) is 0 Å². The van der Waals surface area contributed by atoms with E-state index in [0.29, 0.717) is 34.4 Å². The van der Waals surface area contributed by atoms with Crippen LogP contribution in [0.4, 0.5) is 4.39 Å². The van der Waals surface area contributed by atoms with Crippen LogP contribution in [-0.4, -0.2) is 40.7 Å².